The highest BCUT2D eigenvalue weighted by atomic mass is 32.2. The molecule has 9 nitrogen and oxygen atoms in total. The number of para-hydroxylation sites is 1. The molecule has 170 valence electrons. The predicted molar refractivity (Wildman–Crippen MR) is 124 cm³/mol. The second kappa shape index (κ2) is 9.45. The van der Waals surface area contributed by atoms with E-state index in [1.807, 2.05) is 72.2 Å². The van der Waals surface area contributed by atoms with Crippen LogP contribution in [0.1, 0.15) is 24.7 Å². The maximum absolute atomic E-state index is 12.9. The predicted octanol–water partition coefficient (Wildman–Crippen LogP) is 2.64. The van der Waals surface area contributed by atoms with E-state index in [1.165, 1.54) is 11.8 Å². The third-order valence-corrected chi connectivity index (χ3v) is 6.32. The second-order valence-electron chi connectivity index (χ2n) is 7.91. The standard InChI is InChI=1S/C23H24N6O3S/c1-16-25-26-22(28(16)18-11-7-4-8-12-18)33-15-19(30)27-29-20(31)23(2,24-21(29)32)14-13-17-9-5-3-6-10-17/h3-12H,13-15H2,1-2H3,(H,24,32)(H,27,30). The van der Waals surface area contributed by atoms with Gasteiger partial charge >= 0.3 is 6.03 Å². The smallest absolute Gasteiger partial charge is 0.322 e. The first-order valence-corrected chi connectivity index (χ1v) is 11.5. The molecule has 1 saturated heterocycles. The van der Waals surface area contributed by atoms with Gasteiger partial charge < -0.3 is 5.32 Å². The van der Waals surface area contributed by atoms with Crippen LogP contribution in [0, 0.1) is 6.92 Å². The van der Waals surface area contributed by atoms with Gasteiger partial charge in [-0.15, -0.1) is 10.2 Å². The summed E-state index contributed by atoms with van der Waals surface area (Å²) >= 11 is 1.17. The van der Waals surface area contributed by atoms with Crippen molar-refractivity contribution in [2.24, 2.45) is 0 Å². The Morgan fingerprint density at radius 2 is 1.73 bits per heavy atom. The summed E-state index contributed by atoms with van der Waals surface area (Å²) in [7, 11) is 0. The summed E-state index contributed by atoms with van der Waals surface area (Å²) in [5, 5.41) is 12.2. The number of nitrogens with zero attached hydrogens (tertiary/aromatic N) is 4. The Labute approximate surface area is 195 Å². The van der Waals surface area contributed by atoms with Crippen LogP contribution in [0.3, 0.4) is 0 Å². The van der Waals surface area contributed by atoms with E-state index in [4.69, 9.17) is 0 Å². The summed E-state index contributed by atoms with van der Waals surface area (Å²) in [6, 6.07) is 18.6. The first kappa shape index (κ1) is 22.5. The van der Waals surface area contributed by atoms with Crippen LogP contribution in [0.5, 0.6) is 0 Å². The Kier molecular flexibility index (Phi) is 6.45. The van der Waals surface area contributed by atoms with Gasteiger partial charge in [-0.2, -0.15) is 5.01 Å². The molecule has 0 radical (unpaired) electrons. The van der Waals surface area contributed by atoms with Crippen LogP contribution < -0.4 is 10.7 Å². The van der Waals surface area contributed by atoms with Gasteiger partial charge in [0.2, 0.25) is 5.91 Å². The largest absolute Gasteiger partial charge is 0.344 e. The zero-order chi connectivity index (χ0) is 23.4. The molecule has 33 heavy (non-hydrogen) atoms. The van der Waals surface area contributed by atoms with E-state index in [9.17, 15) is 14.4 Å². The van der Waals surface area contributed by atoms with Gasteiger partial charge in [-0.1, -0.05) is 60.3 Å². The zero-order valence-electron chi connectivity index (χ0n) is 18.3. The number of nitrogens with one attached hydrogen (secondary N) is 2. The molecule has 1 aromatic heterocycles. The molecule has 0 spiro atoms. The van der Waals surface area contributed by atoms with Crippen molar-refractivity contribution in [3.05, 3.63) is 72.1 Å². The van der Waals surface area contributed by atoms with Gasteiger partial charge in [-0.05, 0) is 44.4 Å². The molecule has 1 atom stereocenters. The summed E-state index contributed by atoms with van der Waals surface area (Å²) in [4.78, 5) is 37.9. The highest BCUT2D eigenvalue weighted by Crippen LogP contribution is 2.24. The lowest BCUT2D eigenvalue weighted by Gasteiger charge is -2.21. The highest BCUT2D eigenvalue weighted by molar-refractivity contribution is 7.99. The van der Waals surface area contributed by atoms with E-state index in [-0.39, 0.29) is 5.75 Å². The Morgan fingerprint density at radius 3 is 2.42 bits per heavy atom. The molecule has 4 amide bonds. The summed E-state index contributed by atoms with van der Waals surface area (Å²) in [5.74, 6) is -0.323. The van der Waals surface area contributed by atoms with Crippen molar-refractivity contribution in [3.8, 4) is 5.69 Å². The fourth-order valence-corrected chi connectivity index (χ4v) is 4.38. The van der Waals surface area contributed by atoms with Crippen LogP contribution in [0.4, 0.5) is 4.79 Å². The molecule has 2 heterocycles. The van der Waals surface area contributed by atoms with Gasteiger partial charge in [-0.25, -0.2) is 4.79 Å². The van der Waals surface area contributed by atoms with Crippen molar-refractivity contribution in [2.45, 2.75) is 37.4 Å². The van der Waals surface area contributed by atoms with Crippen molar-refractivity contribution >= 4 is 29.6 Å². The minimum Gasteiger partial charge on any atom is -0.322 e. The summed E-state index contributed by atoms with van der Waals surface area (Å²) in [6.07, 6.45) is 1.04. The van der Waals surface area contributed by atoms with Gasteiger partial charge in [-0.3, -0.25) is 19.6 Å². The molecule has 3 aromatic rings. The first-order chi connectivity index (χ1) is 15.9. The van der Waals surface area contributed by atoms with Crippen LogP contribution in [-0.2, 0) is 16.0 Å². The lowest BCUT2D eigenvalue weighted by atomic mass is 9.93. The minimum atomic E-state index is -1.09. The van der Waals surface area contributed by atoms with Gasteiger partial charge in [0, 0.05) is 5.69 Å². The van der Waals surface area contributed by atoms with Gasteiger partial charge in [0.25, 0.3) is 5.91 Å². The number of carbonyl (C=O) groups excluding carboxylic acids is 3. The lowest BCUT2D eigenvalue weighted by molar-refractivity contribution is -0.138. The molecule has 2 N–H and O–H groups in total. The van der Waals surface area contributed by atoms with E-state index >= 15 is 0 Å². The SMILES string of the molecule is Cc1nnc(SCC(=O)NN2C(=O)NC(C)(CCc3ccccc3)C2=O)n1-c1ccccc1. The first-order valence-electron chi connectivity index (χ1n) is 10.5. The zero-order valence-corrected chi connectivity index (χ0v) is 19.1. The van der Waals surface area contributed by atoms with Crippen LogP contribution in [0.25, 0.3) is 5.69 Å². The van der Waals surface area contributed by atoms with Gasteiger partial charge in [0.15, 0.2) is 5.16 Å². The maximum Gasteiger partial charge on any atom is 0.344 e. The number of carbonyl (C=O) groups is 3. The highest BCUT2D eigenvalue weighted by Gasteiger charge is 2.48. The number of amides is 4. The molecule has 0 saturated carbocycles. The fraction of sp³-hybridized carbons (Fsp3) is 0.261. The van der Waals surface area contributed by atoms with E-state index in [1.54, 1.807) is 6.92 Å². The van der Waals surface area contributed by atoms with E-state index in [2.05, 4.69) is 20.9 Å². The molecular formula is C23H24N6O3S. The van der Waals surface area contributed by atoms with Crippen molar-refractivity contribution in [1.82, 2.24) is 30.5 Å². The molecule has 0 aliphatic carbocycles. The Morgan fingerprint density at radius 1 is 1.06 bits per heavy atom. The average molecular weight is 465 g/mol. The second-order valence-corrected chi connectivity index (χ2v) is 8.86. The van der Waals surface area contributed by atoms with Crippen molar-refractivity contribution in [1.29, 1.82) is 0 Å². The molecule has 1 fully saturated rings. The van der Waals surface area contributed by atoms with Crippen LogP contribution in [0.15, 0.2) is 65.8 Å². The Balaban J connectivity index is 1.36. The maximum atomic E-state index is 12.9. The van der Waals surface area contributed by atoms with Crippen LogP contribution >= 0.6 is 11.8 Å². The van der Waals surface area contributed by atoms with Crippen molar-refractivity contribution in [2.75, 3.05) is 5.75 Å². The summed E-state index contributed by atoms with van der Waals surface area (Å²) in [6.45, 7) is 3.50. The summed E-state index contributed by atoms with van der Waals surface area (Å²) in [5.41, 5.74) is 3.29. The quantitative estimate of drug-likeness (QED) is 0.392. The number of hydrogen-bond donors (Lipinski definition) is 2. The third kappa shape index (κ3) is 4.90. The fourth-order valence-electron chi connectivity index (χ4n) is 3.59. The number of imide groups is 1. The molecule has 0 bridgehead atoms. The number of hydrazine groups is 1. The van der Waals surface area contributed by atoms with Crippen molar-refractivity contribution in [3.63, 3.8) is 0 Å². The minimum absolute atomic E-state index is 0.0389. The molecule has 10 heteroatoms. The number of urea groups is 1. The van der Waals surface area contributed by atoms with E-state index < -0.39 is 23.4 Å². The molecule has 1 aliphatic heterocycles. The lowest BCUT2D eigenvalue weighted by Crippen LogP contribution is -2.49. The molecule has 4 rings (SSSR count). The number of hydrogen-bond acceptors (Lipinski definition) is 6. The number of aromatic nitrogens is 3. The molecule has 1 unspecified atom stereocenters. The van der Waals surface area contributed by atoms with Gasteiger partial charge in [0.05, 0.1) is 5.75 Å². The van der Waals surface area contributed by atoms with Crippen LogP contribution in [-0.4, -0.2) is 48.9 Å². The van der Waals surface area contributed by atoms with Crippen molar-refractivity contribution < 1.29 is 14.4 Å². The van der Waals surface area contributed by atoms with Crippen LogP contribution in [0.2, 0.25) is 0 Å². The number of rotatable bonds is 8. The Hall–Kier alpha value is -3.66. The number of thioether (sulfide) groups is 1. The molecular weight excluding hydrogens is 440 g/mol. The normalized spacial score (nSPS) is 17.8. The average Bonchev–Trinajstić information content (AvgIpc) is 3.29. The van der Waals surface area contributed by atoms with E-state index in [0.29, 0.717) is 23.8 Å². The monoisotopic (exact) mass is 464 g/mol. The summed E-state index contributed by atoms with van der Waals surface area (Å²) < 4.78 is 1.84. The Bertz CT molecular complexity index is 1170. The third-order valence-electron chi connectivity index (χ3n) is 5.40. The topological polar surface area (TPSA) is 109 Å². The number of benzene rings is 2. The molecule has 2 aromatic carbocycles. The number of aryl methyl sites for hydroxylation is 2. The molecule has 1 aliphatic rings. The van der Waals surface area contributed by atoms with Gasteiger partial charge in [0.1, 0.15) is 11.4 Å². The van der Waals surface area contributed by atoms with E-state index in [0.717, 1.165) is 16.3 Å².